The van der Waals surface area contributed by atoms with Crippen molar-refractivity contribution in [2.45, 2.75) is 50.9 Å². The summed E-state index contributed by atoms with van der Waals surface area (Å²) in [5.74, 6) is 2.25. The number of piperazine rings is 1. The molecular formula is C28H41N5O2S. The number of anilines is 1. The lowest BCUT2D eigenvalue weighted by atomic mass is 9.83. The van der Waals surface area contributed by atoms with Gasteiger partial charge in [0.25, 0.3) is 0 Å². The minimum Gasteiger partial charge on any atom is -0.496 e. The van der Waals surface area contributed by atoms with Gasteiger partial charge < -0.3 is 14.5 Å². The summed E-state index contributed by atoms with van der Waals surface area (Å²) in [6, 6.07) is 6.48. The van der Waals surface area contributed by atoms with Crippen LogP contribution >= 0.6 is 11.3 Å². The van der Waals surface area contributed by atoms with Gasteiger partial charge in [0.1, 0.15) is 5.75 Å². The molecule has 1 N–H and O–H groups in total. The number of carbonyl (C=O) groups excluding carboxylic acids is 1. The molecule has 3 heterocycles. The number of thiazole rings is 1. The number of rotatable bonds is 6. The normalized spacial score (nSPS) is 21.0. The van der Waals surface area contributed by atoms with E-state index >= 15 is 0 Å². The Kier molecular flexibility index (Phi) is 8.44. The van der Waals surface area contributed by atoms with Crippen LogP contribution in [0.2, 0.25) is 0 Å². The van der Waals surface area contributed by atoms with Crippen molar-refractivity contribution < 1.29 is 9.53 Å². The number of aromatic nitrogens is 1. The van der Waals surface area contributed by atoms with Crippen LogP contribution in [0.4, 0.5) is 9.93 Å². The number of ether oxygens (including phenoxy) is 1. The molecule has 3 aliphatic rings. The van der Waals surface area contributed by atoms with E-state index in [2.05, 4.69) is 40.4 Å². The molecule has 1 aromatic carbocycles. The van der Waals surface area contributed by atoms with E-state index in [-0.39, 0.29) is 6.03 Å². The second kappa shape index (κ2) is 11.9. The van der Waals surface area contributed by atoms with E-state index in [0.717, 1.165) is 49.1 Å². The van der Waals surface area contributed by atoms with Crippen molar-refractivity contribution in [3.05, 3.63) is 29.1 Å². The van der Waals surface area contributed by atoms with E-state index in [1.807, 2.05) is 10.3 Å². The Balaban J connectivity index is 1.16. The van der Waals surface area contributed by atoms with Gasteiger partial charge in [-0.2, -0.15) is 0 Å². The molecule has 0 radical (unpaired) electrons. The molecule has 0 spiro atoms. The van der Waals surface area contributed by atoms with Gasteiger partial charge in [0.15, 0.2) is 5.13 Å². The zero-order valence-electron chi connectivity index (χ0n) is 21.9. The highest BCUT2D eigenvalue weighted by atomic mass is 32.1. The molecule has 2 aromatic rings. The third kappa shape index (κ3) is 6.21. The van der Waals surface area contributed by atoms with Gasteiger partial charge in [0, 0.05) is 43.7 Å². The molecule has 8 heteroatoms. The number of urea groups is 1. The Hall–Kier alpha value is -2.16. The van der Waals surface area contributed by atoms with E-state index in [1.165, 1.54) is 81.5 Å². The largest absolute Gasteiger partial charge is 0.496 e. The Bertz CT molecular complexity index is 1010. The van der Waals surface area contributed by atoms with E-state index in [4.69, 9.17) is 9.72 Å². The quantitative estimate of drug-likeness (QED) is 0.566. The number of piperidine rings is 1. The summed E-state index contributed by atoms with van der Waals surface area (Å²) in [4.78, 5) is 24.6. The van der Waals surface area contributed by atoms with Gasteiger partial charge in [-0.15, -0.1) is 11.3 Å². The third-order valence-corrected chi connectivity index (χ3v) is 9.07. The lowest BCUT2D eigenvalue weighted by molar-refractivity contribution is 0.113. The highest BCUT2D eigenvalue weighted by Gasteiger charge is 2.25. The van der Waals surface area contributed by atoms with Crippen LogP contribution < -0.4 is 10.1 Å². The van der Waals surface area contributed by atoms with Crippen LogP contribution in [0.1, 0.15) is 56.4 Å². The Morgan fingerprint density at radius 1 is 1.06 bits per heavy atom. The van der Waals surface area contributed by atoms with Crippen molar-refractivity contribution >= 4 is 22.5 Å². The lowest BCUT2D eigenvalue weighted by Gasteiger charge is -2.38. The molecule has 1 aromatic heterocycles. The van der Waals surface area contributed by atoms with Crippen molar-refractivity contribution in [3.63, 3.8) is 0 Å². The number of carbonyl (C=O) groups is 1. The standard InChI is InChI=1S/C28H41N5O2S/c1-31-12-10-21(11-13-31)19-32-14-16-33(17-15-32)28(34)30-27-29-25(20-36-27)24-18-23(8-9-26(24)35-2)22-6-4-3-5-7-22/h8-9,18,20-22H,3-7,10-17,19H2,1-2H3,(H,29,30,34). The van der Waals surface area contributed by atoms with Crippen LogP contribution in [0.3, 0.4) is 0 Å². The van der Waals surface area contributed by atoms with Crippen LogP contribution in [0.5, 0.6) is 5.75 Å². The molecule has 2 amide bonds. The van der Waals surface area contributed by atoms with Gasteiger partial charge in [0.2, 0.25) is 0 Å². The SMILES string of the molecule is COc1ccc(C2CCCCC2)cc1-c1csc(NC(=O)N2CCN(CC3CCN(C)CC3)CC2)n1. The topological polar surface area (TPSA) is 60.9 Å². The highest BCUT2D eigenvalue weighted by molar-refractivity contribution is 7.14. The van der Waals surface area contributed by atoms with Crippen LogP contribution in [-0.2, 0) is 0 Å². The number of methoxy groups -OCH3 is 1. The minimum absolute atomic E-state index is 0.0437. The fraction of sp³-hybridized carbons (Fsp3) is 0.643. The highest BCUT2D eigenvalue weighted by Crippen LogP contribution is 2.38. The summed E-state index contributed by atoms with van der Waals surface area (Å²) in [5.41, 5.74) is 3.26. The van der Waals surface area contributed by atoms with Gasteiger partial charge in [-0.05, 0) is 75.4 Å². The smallest absolute Gasteiger partial charge is 0.323 e. The predicted octanol–water partition coefficient (Wildman–Crippen LogP) is 5.36. The van der Waals surface area contributed by atoms with Crippen molar-refractivity contribution in [2.24, 2.45) is 5.92 Å². The van der Waals surface area contributed by atoms with Gasteiger partial charge in [-0.1, -0.05) is 25.3 Å². The van der Waals surface area contributed by atoms with Crippen LogP contribution in [0.15, 0.2) is 23.6 Å². The molecule has 2 aliphatic heterocycles. The first-order valence-electron chi connectivity index (χ1n) is 13.7. The second-order valence-corrected chi connectivity index (χ2v) is 11.7. The summed E-state index contributed by atoms with van der Waals surface area (Å²) in [5, 5.41) is 5.72. The average molecular weight is 512 g/mol. The first-order valence-corrected chi connectivity index (χ1v) is 14.6. The van der Waals surface area contributed by atoms with Crippen LogP contribution in [-0.4, -0.2) is 85.7 Å². The molecule has 5 rings (SSSR count). The van der Waals surface area contributed by atoms with E-state index < -0.39 is 0 Å². The molecule has 2 saturated heterocycles. The number of likely N-dealkylation sites (tertiary alicyclic amines) is 1. The third-order valence-electron chi connectivity index (χ3n) is 8.31. The van der Waals surface area contributed by atoms with Gasteiger partial charge in [-0.25, -0.2) is 9.78 Å². The Morgan fingerprint density at radius 2 is 1.81 bits per heavy atom. The number of nitrogens with one attached hydrogen (secondary N) is 1. The molecule has 36 heavy (non-hydrogen) atoms. The van der Waals surface area contributed by atoms with E-state index in [9.17, 15) is 4.79 Å². The molecule has 7 nitrogen and oxygen atoms in total. The molecule has 1 saturated carbocycles. The predicted molar refractivity (Wildman–Crippen MR) is 147 cm³/mol. The zero-order chi connectivity index (χ0) is 24.9. The maximum Gasteiger partial charge on any atom is 0.323 e. The summed E-state index contributed by atoms with van der Waals surface area (Å²) in [6.45, 7) is 7.03. The van der Waals surface area contributed by atoms with Gasteiger partial charge in [-0.3, -0.25) is 10.2 Å². The lowest BCUT2D eigenvalue weighted by Crippen LogP contribution is -2.51. The molecule has 196 valence electrons. The monoisotopic (exact) mass is 511 g/mol. The number of hydrogen-bond donors (Lipinski definition) is 1. The van der Waals surface area contributed by atoms with Crippen LogP contribution in [0.25, 0.3) is 11.3 Å². The summed E-state index contributed by atoms with van der Waals surface area (Å²) < 4.78 is 5.66. The zero-order valence-corrected chi connectivity index (χ0v) is 22.7. The molecule has 0 atom stereocenters. The summed E-state index contributed by atoms with van der Waals surface area (Å²) >= 11 is 1.48. The fourth-order valence-electron chi connectivity index (χ4n) is 5.98. The number of nitrogens with zero attached hydrogens (tertiary/aromatic N) is 4. The Labute approximate surface area is 219 Å². The molecule has 3 fully saturated rings. The summed E-state index contributed by atoms with van der Waals surface area (Å²) in [6.07, 6.45) is 9.07. The van der Waals surface area contributed by atoms with Crippen molar-refractivity contribution in [2.75, 3.05) is 65.3 Å². The maximum absolute atomic E-state index is 13.0. The minimum atomic E-state index is -0.0437. The first kappa shape index (κ1) is 25.5. The fourth-order valence-corrected chi connectivity index (χ4v) is 6.68. The van der Waals surface area contributed by atoms with Crippen molar-refractivity contribution in [1.29, 1.82) is 0 Å². The maximum atomic E-state index is 13.0. The van der Waals surface area contributed by atoms with Crippen LogP contribution in [0, 0.1) is 5.92 Å². The second-order valence-electron chi connectivity index (χ2n) is 10.8. The Morgan fingerprint density at radius 3 is 2.53 bits per heavy atom. The number of hydrogen-bond acceptors (Lipinski definition) is 6. The van der Waals surface area contributed by atoms with E-state index in [0.29, 0.717) is 11.0 Å². The summed E-state index contributed by atoms with van der Waals surface area (Å²) in [7, 11) is 3.92. The van der Waals surface area contributed by atoms with Gasteiger partial charge >= 0.3 is 6.03 Å². The van der Waals surface area contributed by atoms with Crippen molar-refractivity contribution in [1.82, 2.24) is 19.7 Å². The molecule has 1 aliphatic carbocycles. The molecule has 0 bridgehead atoms. The molecule has 0 unspecified atom stereocenters. The van der Waals surface area contributed by atoms with E-state index in [1.54, 1.807) is 7.11 Å². The molecular weight excluding hydrogens is 470 g/mol. The van der Waals surface area contributed by atoms with Gasteiger partial charge in [0.05, 0.1) is 12.8 Å². The van der Waals surface area contributed by atoms with Crippen molar-refractivity contribution in [3.8, 4) is 17.0 Å². The first-order chi connectivity index (χ1) is 17.6. The number of amides is 2. The average Bonchev–Trinajstić information content (AvgIpc) is 3.39. The number of benzene rings is 1.